The highest BCUT2D eigenvalue weighted by atomic mass is 16.6. The molecule has 0 aliphatic rings. The highest BCUT2D eigenvalue weighted by Crippen LogP contribution is 2.27. The fourth-order valence-electron chi connectivity index (χ4n) is 2.84. The minimum atomic E-state index is -0.509. The number of hydrogen-bond donors (Lipinski definition) is 1. The van der Waals surface area contributed by atoms with Crippen molar-refractivity contribution in [3.8, 4) is 11.5 Å². The lowest BCUT2D eigenvalue weighted by molar-refractivity contribution is -0.384. The third-order valence-corrected chi connectivity index (χ3v) is 4.25. The number of nitro benzene ring substituents is 1. The Hall–Kier alpha value is -4.00. The largest absolute Gasteiger partial charge is 0.436 e. The van der Waals surface area contributed by atoms with Crippen LogP contribution >= 0.6 is 0 Å². The summed E-state index contributed by atoms with van der Waals surface area (Å²) < 4.78 is 5.84. The van der Waals surface area contributed by atoms with E-state index in [1.807, 2.05) is 31.2 Å². The maximum atomic E-state index is 12.4. The molecule has 0 fully saturated rings. The molecular formula is C21H15N3O4. The van der Waals surface area contributed by atoms with Gasteiger partial charge in [-0.15, -0.1) is 0 Å². The lowest BCUT2D eigenvalue weighted by Gasteiger charge is -2.04. The lowest BCUT2D eigenvalue weighted by atomic mass is 10.1. The molecule has 1 amide bonds. The zero-order valence-corrected chi connectivity index (χ0v) is 14.9. The van der Waals surface area contributed by atoms with E-state index >= 15 is 0 Å². The van der Waals surface area contributed by atoms with Crippen LogP contribution in [0.5, 0.6) is 0 Å². The topological polar surface area (TPSA) is 98.3 Å². The van der Waals surface area contributed by atoms with E-state index in [0.29, 0.717) is 28.2 Å². The van der Waals surface area contributed by atoms with Gasteiger partial charge in [-0.2, -0.15) is 0 Å². The van der Waals surface area contributed by atoms with Crippen molar-refractivity contribution < 1.29 is 14.1 Å². The average Bonchev–Trinajstić information content (AvgIpc) is 3.11. The molecule has 3 aromatic carbocycles. The molecule has 0 unspecified atom stereocenters. The number of nitro groups is 1. The molecule has 0 saturated heterocycles. The summed E-state index contributed by atoms with van der Waals surface area (Å²) in [5.74, 6) is 0.144. The van der Waals surface area contributed by atoms with E-state index in [1.165, 1.54) is 24.3 Å². The van der Waals surface area contributed by atoms with Gasteiger partial charge in [0.25, 0.3) is 11.6 Å². The fourth-order valence-corrected chi connectivity index (χ4v) is 2.84. The van der Waals surface area contributed by atoms with Gasteiger partial charge in [-0.25, -0.2) is 4.98 Å². The molecule has 0 saturated carbocycles. The van der Waals surface area contributed by atoms with Gasteiger partial charge < -0.3 is 9.73 Å². The van der Waals surface area contributed by atoms with E-state index < -0.39 is 4.92 Å². The summed E-state index contributed by atoms with van der Waals surface area (Å²) in [6.45, 7) is 2.00. The van der Waals surface area contributed by atoms with Gasteiger partial charge in [-0.05, 0) is 43.3 Å². The number of anilines is 1. The van der Waals surface area contributed by atoms with Crippen LogP contribution in [-0.2, 0) is 0 Å². The first-order valence-corrected chi connectivity index (χ1v) is 8.53. The first-order chi connectivity index (χ1) is 13.5. The summed E-state index contributed by atoms with van der Waals surface area (Å²) >= 11 is 0. The molecule has 0 aliphatic carbocycles. The summed E-state index contributed by atoms with van der Waals surface area (Å²) in [5.41, 5.74) is 4.03. The van der Waals surface area contributed by atoms with Crippen LogP contribution in [0.3, 0.4) is 0 Å². The van der Waals surface area contributed by atoms with E-state index in [-0.39, 0.29) is 11.6 Å². The summed E-state index contributed by atoms with van der Waals surface area (Å²) in [7, 11) is 0. The molecule has 0 radical (unpaired) electrons. The van der Waals surface area contributed by atoms with Crippen molar-refractivity contribution >= 4 is 28.4 Å². The Morgan fingerprint density at radius 2 is 1.86 bits per heavy atom. The molecule has 0 aliphatic heterocycles. The summed E-state index contributed by atoms with van der Waals surface area (Å²) in [4.78, 5) is 27.1. The van der Waals surface area contributed by atoms with Gasteiger partial charge in [0.15, 0.2) is 5.58 Å². The summed E-state index contributed by atoms with van der Waals surface area (Å²) in [5, 5.41) is 13.5. The van der Waals surface area contributed by atoms with Crippen molar-refractivity contribution in [1.82, 2.24) is 4.98 Å². The van der Waals surface area contributed by atoms with Crippen molar-refractivity contribution in [3.05, 3.63) is 88.0 Å². The first kappa shape index (κ1) is 17.4. The van der Waals surface area contributed by atoms with E-state index in [9.17, 15) is 14.9 Å². The SMILES string of the molecule is Cc1cccc(-c2nc3ccc(NC(=O)c4ccc([N+](=O)[O-])cc4)cc3o2)c1. The molecular weight excluding hydrogens is 358 g/mol. The molecule has 0 spiro atoms. The maximum Gasteiger partial charge on any atom is 0.269 e. The van der Waals surface area contributed by atoms with Crippen LogP contribution in [0.4, 0.5) is 11.4 Å². The van der Waals surface area contributed by atoms with Crippen molar-refractivity contribution in [2.75, 3.05) is 5.32 Å². The molecule has 4 aromatic rings. The third kappa shape index (κ3) is 3.45. The third-order valence-electron chi connectivity index (χ3n) is 4.25. The van der Waals surface area contributed by atoms with Gasteiger partial charge in [0.05, 0.1) is 4.92 Å². The molecule has 0 bridgehead atoms. The van der Waals surface area contributed by atoms with Gasteiger partial charge in [0, 0.05) is 35.0 Å². The van der Waals surface area contributed by atoms with Crippen LogP contribution in [-0.4, -0.2) is 15.8 Å². The molecule has 1 aromatic heterocycles. The number of aryl methyl sites for hydroxylation is 1. The number of fused-ring (bicyclic) bond motifs is 1. The van der Waals surface area contributed by atoms with Crippen LogP contribution in [0.25, 0.3) is 22.6 Å². The maximum absolute atomic E-state index is 12.4. The quantitative estimate of drug-likeness (QED) is 0.402. The van der Waals surface area contributed by atoms with Crippen LogP contribution in [0.2, 0.25) is 0 Å². The number of hydrogen-bond acceptors (Lipinski definition) is 5. The second kappa shape index (κ2) is 6.96. The monoisotopic (exact) mass is 373 g/mol. The van der Waals surface area contributed by atoms with Crippen LogP contribution < -0.4 is 5.32 Å². The van der Waals surface area contributed by atoms with Crippen LogP contribution in [0, 0.1) is 17.0 Å². The van der Waals surface area contributed by atoms with Gasteiger partial charge in [0.1, 0.15) is 5.52 Å². The molecule has 1 N–H and O–H groups in total. The predicted molar refractivity (Wildman–Crippen MR) is 105 cm³/mol. The average molecular weight is 373 g/mol. The zero-order chi connectivity index (χ0) is 19.7. The van der Waals surface area contributed by atoms with Crippen molar-refractivity contribution in [2.45, 2.75) is 6.92 Å². The van der Waals surface area contributed by atoms with E-state index in [4.69, 9.17) is 4.42 Å². The van der Waals surface area contributed by atoms with Crippen LogP contribution in [0.1, 0.15) is 15.9 Å². The van der Waals surface area contributed by atoms with Gasteiger partial charge in [-0.3, -0.25) is 14.9 Å². The predicted octanol–water partition coefficient (Wildman–Crippen LogP) is 4.96. The van der Waals surface area contributed by atoms with Gasteiger partial charge in [0.2, 0.25) is 5.89 Å². The highest BCUT2D eigenvalue weighted by molar-refractivity contribution is 6.05. The summed E-state index contributed by atoms with van der Waals surface area (Å²) in [6.07, 6.45) is 0. The number of benzene rings is 3. The number of rotatable bonds is 4. The molecule has 7 heteroatoms. The molecule has 28 heavy (non-hydrogen) atoms. The molecule has 4 rings (SSSR count). The molecule has 138 valence electrons. The van der Waals surface area contributed by atoms with Gasteiger partial charge >= 0.3 is 0 Å². The molecule has 0 atom stereocenters. The second-order valence-electron chi connectivity index (χ2n) is 6.33. The van der Waals surface area contributed by atoms with Crippen LogP contribution in [0.15, 0.2) is 71.1 Å². The molecule has 1 heterocycles. The highest BCUT2D eigenvalue weighted by Gasteiger charge is 2.12. The van der Waals surface area contributed by atoms with E-state index in [1.54, 1.807) is 18.2 Å². The van der Waals surface area contributed by atoms with Crippen molar-refractivity contribution in [3.63, 3.8) is 0 Å². The number of nitrogens with zero attached hydrogens (tertiary/aromatic N) is 2. The fraction of sp³-hybridized carbons (Fsp3) is 0.0476. The Bertz CT molecular complexity index is 1200. The van der Waals surface area contributed by atoms with E-state index in [0.717, 1.165) is 11.1 Å². The Morgan fingerprint density at radius 1 is 1.07 bits per heavy atom. The first-order valence-electron chi connectivity index (χ1n) is 8.53. The summed E-state index contributed by atoms with van der Waals surface area (Å²) in [6, 6.07) is 18.5. The Balaban J connectivity index is 1.57. The normalized spacial score (nSPS) is 10.8. The number of non-ortho nitro benzene ring substituents is 1. The Morgan fingerprint density at radius 3 is 2.57 bits per heavy atom. The Kier molecular flexibility index (Phi) is 4.33. The second-order valence-corrected chi connectivity index (χ2v) is 6.33. The van der Waals surface area contributed by atoms with Gasteiger partial charge in [-0.1, -0.05) is 17.7 Å². The van der Waals surface area contributed by atoms with E-state index in [2.05, 4.69) is 10.3 Å². The zero-order valence-electron chi connectivity index (χ0n) is 14.9. The number of carbonyl (C=O) groups is 1. The number of aromatic nitrogens is 1. The number of nitrogens with one attached hydrogen (secondary N) is 1. The Labute approximate surface area is 159 Å². The smallest absolute Gasteiger partial charge is 0.269 e. The number of carbonyl (C=O) groups excluding carboxylic acids is 1. The van der Waals surface area contributed by atoms with Crippen molar-refractivity contribution in [2.24, 2.45) is 0 Å². The number of oxazole rings is 1. The minimum absolute atomic E-state index is 0.0664. The standard InChI is InChI=1S/C21H15N3O4/c1-13-3-2-4-15(11-13)21-23-18-10-7-16(12-19(18)28-21)22-20(25)14-5-8-17(9-6-14)24(26)27/h2-12H,1H3,(H,22,25). The number of amides is 1. The molecule has 7 nitrogen and oxygen atoms in total. The van der Waals surface area contributed by atoms with Crippen molar-refractivity contribution in [1.29, 1.82) is 0 Å². The lowest BCUT2D eigenvalue weighted by Crippen LogP contribution is -2.11. The minimum Gasteiger partial charge on any atom is -0.436 e.